The lowest BCUT2D eigenvalue weighted by molar-refractivity contribution is -0.155. The zero-order valence-corrected chi connectivity index (χ0v) is 16.2. The Hall–Kier alpha value is -1.59. The number of carbonyl (C=O) groups is 1. The highest BCUT2D eigenvalue weighted by Gasteiger charge is 2.17. The van der Waals surface area contributed by atoms with Crippen molar-refractivity contribution < 1.29 is 24.1 Å². The SMILES string of the molecule is CC(C)(C)OC(=O)CCC[C@@H](O)c1cccc(OCC2CCOCC2)c1. The van der Waals surface area contributed by atoms with Crippen molar-refractivity contribution in [3.05, 3.63) is 29.8 Å². The van der Waals surface area contributed by atoms with Crippen LogP contribution in [0.4, 0.5) is 0 Å². The summed E-state index contributed by atoms with van der Waals surface area (Å²) in [6.45, 7) is 7.86. The summed E-state index contributed by atoms with van der Waals surface area (Å²) >= 11 is 0. The third-order valence-electron chi connectivity index (χ3n) is 4.35. The van der Waals surface area contributed by atoms with E-state index in [-0.39, 0.29) is 5.97 Å². The Bertz CT molecular complexity index is 558. The summed E-state index contributed by atoms with van der Waals surface area (Å²) in [5.41, 5.74) is 0.352. The molecule has 2 rings (SSSR count). The van der Waals surface area contributed by atoms with Crippen LogP contribution >= 0.6 is 0 Å². The zero-order chi connectivity index (χ0) is 19.0. The van der Waals surface area contributed by atoms with E-state index >= 15 is 0 Å². The number of ether oxygens (including phenoxy) is 3. The van der Waals surface area contributed by atoms with Gasteiger partial charge in [0.2, 0.25) is 0 Å². The maximum absolute atomic E-state index is 11.7. The Labute approximate surface area is 156 Å². The quantitative estimate of drug-likeness (QED) is 0.705. The van der Waals surface area contributed by atoms with Crippen LogP contribution in [-0.4, -0.2) is 36.5 Å². The van der Waals surface area contributed by atoms with Crippen molar-refractivity contribution in [2.24, 2.45) is 5.92 Å². The van der Waals surface area contributed by atoms with Crippen LogP contribution in [0.1, 0.15) is 64.5 Å². The molecule has 0 amide bonds. The molecule has 1 aromatic carbocycles. The molecule has 1 aromatic rings. The Kier molecular flexibility index (Phi) is 7.91. The van der Waals surface area contributed by atoms with Crippen molar-refractivity contribution >= 4 is 5.97 Å². The van der Waals surface area contributed by atoms with Crippen molar-refractivity contribution in [3.63, 3.8) is 0 Å². The van der Waals surface area contributed by atoms with Gasteiger partial charge in [0, 0.05) is 19.6 Å². The number of esters is 1. The molecule has 1 atom stereocenters. The van der Waals surface area contributed by atoms with Crippen molar-refractivity contribution in [3.8, 4) is 5.75 Å². The summed E-state index contributed by atoms with van der Waals surface area (Å²) in [6.07, 6.45) is 2.88. The molecule has 0 saturated carbocycles. The van der Waals surface area contributed by atoms with Crippen LogP contribution in [0.15, 0.2) is 24.3 Å². The molecule has 0 radical (unpaired) electrons. The second kappa shape index (κ2) is 9.93. The summed E-state index contributed by atoms with van der Waals surface area (Å²) in [5, 5.41) is 10.4. The summed E-state index contributed by atoms with van der Waals surface area (Å²) in [4.78, 5) is 11.7. The predicted octanol–water partition coefficient (Wildman–Crippen LogP) is 4.04. The summed E-state index contributed by atoms with van der Waals surface area (Å²) in [6, 6.07) is 7.58. The van der Waals surface area contributed by atoms with Gasteiger partial charge < -0.3 is 19.3 Å². The van der Waals surface area contributed by atoms with Gasteiger partial charge in [-0.1, -0.05) is 12.1 Å². The first kappa shape index (κ1) is 20.7. The number of rotatable bonds is 8. The lowest BCUT2D eigenvalue weighted by Crippen LogP contribution is -2.23. The topological polar surface area (TPSA) is 65.0 Å². The fourth-order valence-electron chi connectivity index (χ4n) is 2.94. The Morgan fingerprint density at radius 3 is 2.73 bits per heavy atom. The standard InChI is InChI=1S/C21H32O5/c1-21(2,3)26-20(23)9-5-8-19(22)17-6-4-7-18(14-17)25-15-16-10-12-24-13-11-16/h4,6-7,14,16,19,22H,5,8-13,15H2,1-3H3/t19-/m1/s1. The van der Waals surface area contributed by atoms with Gasteiger partial charge in [-0.2, -0.15) is 0 Å². The minimum absolute atomic E-state index is 0.224. The first-order valence-electron chi connectivity index (χ1n) is 9.54. The summed E-state index contributed by atoms with van der Waals surface area (Å²) in [7, 11) is 0. The van der Waals surface area contributed by atoms with E-state index in [0.29, 0.717) is 31.8 Å². The highest BCUT2D eigenvalue weighted by Crippen LogP contribution is 2.25. The molecule has 0 aliphatic carbocycles. The van der Waals surface area contributed by atoms with Crippen LogP contribution in [0.2, 0.25) is 0 Å². The lowest BCUT2D eigenvalue weighted by atomic mass is 10.0. The van der Waals surface area contributed by atoms with Crippen LogP contribution in [-0.2, 0) is 14.3 Å². The van der Waals surface area contributed by atoms with Crippen LogP contribution < -0.4 is 4.74 Å². The number of hydrogen-bond donors (Lipinski definition) is 1. The van der Waals surface area contributed by atoms with Crippen LogP contribution in [0.25, 0.3) is 0 Å². The molecule has 146 valence electrons. The van der Waals surface area contributed by atoms with E-state index in [2.05, 4.69) is 0 Å². The van der Waals surface area contributed by atoms with E-state index in [1.807, 2.05) is 45.0 Å². The van der Waals surface area contributed by atoms with Gasteiger partial charge in [0.25, 0.3) is 0 Å². The Morgan fingerprint density at radius 2 is 2.04 bits per heavy atom. The Balaban J connectivity index is 1.76. The normalized spacial score (nSPS) is 16.9. The van der Waals surface area contributed by atoms with E-state index in [1.54, 1.807) is 0 Å². The largest absolute Gasteiger partial charge is 0.493 e. The van der Waals surface area contributed by atoms with Gasteiger partial charge in [-0.05, 0) is 70.1 Å². The van der Waals surface area contributed by atoms with Gasteiger partial charge in [0.1, 0.15) is 11.4 Å². The molecule has 26 heavy (non-hydrogen) atoms. The maximum Gasteiger partial charge on any atom is 0.306 e. The average Bonchev–Trinajstić information content (AvgIpc) is 2.59. The van der Waals surface area contributed by atoms with Crippen molar-refractivity contribution in [2.75, 3.05) is 19.8 Å². The zero-order valence-electron chi connectivity index (χ0n) is 16.2. The lowest BCUT2D eigenvalue weighted by Gasteiger charge is -2.22. The minimum atomic E-state index is -0.607. The first-order valence-corrected chi connectivity index (χ1v) is 9.54. The number of aliphatic hydroxyl groups excluding tert-OH is 1. The third-order valence-corrected chi connectivity index (χ3v) is 4.35. The molecule has 0 unspecified atom stereocenters. The van der Waals surface area contributed by atoms with Gasteiger partial charge in [0.15, 0.2) is 0 Å². The van der Waals surface area contributed by atoms with Crippen molar-refractivity contribution in [2.45, 2.75) is 64.6 Å². The fraction of sp³-hybridized carbons (Fsp3) is 0.667. The Morgan fingerprint density at radius 1 is 1.31 bits per heavy atom. The average molecular weight is 364 g/mol. The molecule has 0 bridgehead atoms. The van der Waals surface area contributed by atoms with E-state index in [9.17, 15) is 9.90 Å². The molecule has 1 aliphatic rings. The molecule has 1 fully saturated rings. The monoisotopic (exact) mass is 364 g/mol. The molecular formula is C21H32O5. The predicted molar refractivity (Wildman–Crippen MR) is 100 cm³/mol. The summed E-state index contributed by atoms with van der Waals surface area (Å²) < 4.78 is 16.5. The third kappa shape index (κ3) is 7.75. The molecular weight excluding hydrogens is 332 g/mol. The molecule has 1 N–H and O–H groups in total. The van der Waals surface area contributed by atoms with Gasteiger partial charge in [-0.25, -0.2) is 0 Å². The van der Waals surface area contributed by atoms with Crippen LogP contribution in [0.3, 0.4) is 0 Å². The number of hydrogen-bond acceptors (Lipinski definition) is 5. The molecule has 5 heteroatoms. The molecule has 5 nitrogen and oxygen atoms in total. The van der Waals surface area contributed by atoms with Crippen molar-refractivity contribution in [1.82, 2.24) is 0 Å². The van der Waals surface area contributed by atoms with Gasteiger partial charge in [-0.3, -0.25) is 4.79 Å². The molecule has 0 aromatic heterocycles. The second-order valence-corrected chi connectivity index (χ2v) is 7.93. The second-order valence-electron chi connectivity index (χ2n) is 7.93. The summed E-state index contributed by atoms with van der Waals surface area (Å²) in [5.74, 6) is 1.09. The smallest absolute Gasteiger partial charge is 0.306 e. The van der Waals surface area contributed by atoms with E-state index < -0.39 is 11.7 Å². The van der Waals surface area contributed by atoms with Crippen LogP contribution in [0.5, 0.6) is 5.75 Å². The van der Waals surface area contributed by atoms with E-state index in [4.69, 9.17) is 14.2 Å². The maximum atomic E-state index is 11.7. The fourth-order valence-corrected chi connectivity index (χ4v) is 2.94. The van der Waals surface area contributed by atoms with Crippen molar-refractivity contribution in [1.29, 1.82) is 0 Å². The molecule has 1 aliphatic heterocycles. The number of aliphatic hydroxyl groups is 1. The molecule has 0 spiro atoms. The van der Waals surface area contributed by atoms with E-state index in [0.717, 1.165) is 37.4 Å². The minimum Gasteiger partial charge on any atom is -0.493 e. The number of carbonyl (C=O) groups excluding carboxylic acids is 1. The molecule has 1 saturated heterocycles. The molecule has 1 heterocycles. The highest BCUT2D eigenvalue weighted by molar-refractivity contribution is 5.69. The van der Waals surface area contributed by atoms with E-state index in [1.165, 1.54) is 0 Å². The number of benzene rings is 1. The highest BCUT2D eigenvalue weighted by atomic mass is 16.6. The van der Waals surface area contributed by atoms with Gasteiger partial charge in [0.05, 0.1) is 12.7 Å². The van der Waals surface area contributed by atoms with Gasteiger partial charge >= 0.3 is 5.97 Å². The van der Waals surface area contributed by atoms with Gasteiger partial charge in [-0.15, -0.1) is 0 Å². The van der Waals surface area contributed by atoms with Crippen LogP contribution in [0, 0.1) is 5.92 Å². The first-order chi connectivity index (χ1) is 12.3.